The van der Waals surface area contributed by atoms with Gasteiger partial charge in [0.25, 0.3) is 0 Å². The summed E-state index contributed by atoms with van der Waals surface area (Å²) in [5.41, 5.74) is 7.52. The van der Waals surface area contributed by atoms with Gasteiger partial charge in [-0.05, 0) is 29.5 Å². The fourth-order valence-electron chi connectivity index (χ4n) is 1.92. The molecule has 0 aromatic heterocycles. The third-order valence-corrected chi connectivity index (χ3v) is 3.10. The van der Waals surface area contributed by atoms with Crippen molar-refractivity contribution in [2.45, 2.75) is 26.2 Å². The number of ether oxygens (including phenoxy) is 1. The maximum atomic E-state index is 11.8. The van der Waals surface area contributed by atoms with Crippen molar-refractivity contribution in [2.24, 2.45) is 5.92 Å². The van der Waals surface area contributed by atoms with Crippen LogP contribution in [0.2, 0.25) is 0 Å². The van der Waals surface area contributed by atoms with Crippen LogP contribution < -0.4 is 11.1 Å². The monoisotopic (exact) mass is 264 g/mol. The number of nitrogens with two attached hydrogens (primary N) is 1. The minimum absolute atomic E-state index is 0.0762. The first-order valence-electron chi connectivity index (χ1n) is 6.64. The van der Waals surface area contributed by atoms with Gasteiger partial charge in [0.2, 0.25) is 5.91 Å². The van der Waals surface area contributed by atoms with Crippen molar-refractivity contribution in [1.29, 1.82) is 0 Å². The molecule has 0 aliphatic rings. The van der Waals surface area contributed by atoms with Gasteiger partial charge in [0.1, 0.15) is 0 Å². The largest absolute Gasteiger partial charge is 0.399 e. The SMILES string of the molecule is COCC(C)CNC(=O)CC(C)c1ccc(N)cc1. The Kier molecular flexibility index (Phi) is 6.36. The third-order valence-electron chi connectivity index (χ3n) is 3.10. The highest BCUT2D eigenvalue weighted by molar-refractivity contribution is 5.76. The Morgan fingerprint density at radius 2 is 1.95 bits per heavy atom. The van der Waals surface area contributed by atoms with Crippen LogP contribution in [0.1, 0.15) is 31.7 Å². The van der Waals surface area contributed by atoms with Gasteiger partial charge in [-0.2, -0.15) is 0 Å². The van der Waals surface area contributed by atoms with E-state index >= 15 is 0 Å². The van der Waals surface area contributed by atoms with E-state index in [1.165, 1.54) is 0 Å². The van der Waals surface area contributed by atoms with Crippen LogP contribution in [0.25, 0.3) is 0 Å². The van der Waals surface area contributed by atoms with Gasteiger partial charge in [0, 0.05) is 25.8 Å². The van der Waals surface area contributed by atoms with Crippen LogP contribution in [0.4, 0.5) is 5.69 Å². The summed E-state index contributed by atoms with van der Waals surface area (Å²) >= 11 is 0. The summed E-state index contributed by atoms with van der Waals surface area (Å²) < 4.78 is 5.03. The predicted octanol–water partition coefficient (Wildman–Crippen LogP) is 2.16. The van der Waals surface area contributed by atoms with Gasteiger partial charge in [-0.25, -0.2) is 0 Å². The number of anilines is 1. The second-order valence-electron chi connectivity index (χ2n) is 5.14. The van der Waals surface area contributed by atoms with Crippen LogP contribution in [-0.4, -0.2) is 26.2 Å². The van der Waals surface area contributed by atoms with Gasteiger partial charge < -0.3 is 15.8 Å². The van der Waals surface area contributed by atoms with E-state index in [2.05, 4.69) is 5.32 Å². The minimum Gasteiger partial charge on any atom is -0.399 e. The fourth-order valence-corrected chi connectivity index (χ4v) is 1.92. The Morgan fingerprint density at radius 3 is 2.53 bits per heavy atom. The van der Waals surface area contributed by atoms with Crippen LogP contribution in [0.3, 0.4) is 0 Å². The number of nitrogens with one attached hydrogen (secondary N) is 1. The number of methoxy groups -OCH3 is 1. The third kappa shape index (κ3) is 5.75. The molecule has 1 aromatic carbocycles. The van der Waals surface area contributed by atoms with E-state index in [0.717, 1.165) is 11.3 Å². The fraction of sp³-hybridized carbons (Fsp3) is 0.533. The maximum absolute atomic E-state index is 11.8. The Hall–Kier alpha value is -1.55. The molecule has 19 heavy (non-hydrogen) atoms. The van der Waals surface area contributed by atoms with Crippen molar-refractivity contribution in [2.75, 3.05) is 26.0 Å². The van der Waals surface area contributed by atoms with Crippen LogP contribution in [0, 0.1) is 5.92 Å². The smallest absolute Gasteiger partial charge is 0.220 e. The normalized spacial score (nSPS) is 13.8. The predicted molar refractivity (Wildman–Crippen MR) is 77.9 cm³/mol. The van der Waals surface area contributed by atoms with Crippen molar-refractivity contribution < 1.29 is 9.53 Å². The van der Waals surface area contributed by atoms with Crippen molar-refractivity contribution >= 4 is 11.6 Å². The van der Waals surface area contributed by atoms with E-state index in [1.54, 1.807) is 7.11 Å². The van der Waals surface area contributed by atoms with Crippen LogP contribution in [0.5, 0.6) is 0 Å². The van der Waals surface area contributed by atoms with Crippen LogP contribution >= 0.6 is 0 Å². The van der Waals surface area contributed by atoms with Crippen LogP contribution in [-0.2, 0) is 9.53 Å². The van der Waals surface area contributed by atoms with Crippen molar-refractivity contribution in [3.05, 3.63) is 29.8 Å². The molecule has 0 aliphatic heterocycles. The number of rotatable bonds is 7. The molecule has 0 saturated heterocycles. The quantitative estimate of drug-likeness (QED) is 0.742. The Labute approximate surface area is 115 Å². The molecular weight excluding hydrogens is 240 g/mol. The summed E-state index contributed by atoms with van der Waals surface area (Å²) in [6.45, 7) is 5.41. The average molecular weight is 264 g/mol. The molecule has 0 aliphatic carbocycles. The van der Waals surface area contributed by atoms with E-state index in [1.807, 2.05) is 38.1 Å². The second-order valence-corrected chi connectivity index (χ2v) is 5.14. The van der Waals surface area contributed by atoms with E-state index in [-0.39, 0.29) is 11.8 Å². The summed E-state index contributed by atoms with van der Waals surface area (Å²) in [7, 11) is 1.67. The molecule has 2 atom stereocenters. The zero-order valence-corrected chi connectivity index (χ0v) is 12.0. The zero-order valence-electron chi connectivity index (χ0n) is 12.0. The lowest BCUT2D eigenvalue weighted by atomic mass is 9.97. The first-order valence-corrected chi connectivity index (χ1v) is 6.64. The highest BCUT2D eigenvalue weighted by Gasteiger charge is 2.12. The van der Waals surface area contributed by atoms with Crippen LogP contribution in [0.15, 0.2) is 24.3 Å². The van der Waals surface area contributed by atoms with E-state index in [0.29, 0.717) is 25.5 Å². The number of carbonyl (C=O) groups excluding carboxylic acids is 1. The van der Waals surface area contributed by atoms with Crippen molar-refractivity contribution in [1.82, 2.24) is 5.32 Å². The summed E-state index contributed by atoms with van der Waals surface area (Å²) in [5, 5.41) is 2.94. The van der Waals surface area contributed by atoms with Gasteiger partial charge >= 0.3 is 0 Å². The van der Waals surface area contributed by atoms with E-state index in [4.69, 9.17) is 10.5 Å². The van der Waals surface area contributed by atoms with E-state index < -0.39 is 0 Å². The summed E-state index contributed by atoms with van der Waals surface area (Å²) in [4.78, 5) is 11.8. The maximum Gasteiger partial charge on any atom is 0.220 e. The molecule has 0 fully saturated rings. The van der Waals surface area contributed by atoms with Gasteiger partial charge in [-0.1, -0.05) is 26.0 Å². The lowest BCUT2D eigenvalue weighted by Crippen LogP contribution is -2.30. The molecule has 3 N–H and O–H groups in total. The van der Waals surface area contributed by atoms with E-state index in [9.17, 15) is 4.79 Å². The average Bonchev–Trinajstić information content (AvgIpc) is 2.37. The number of nitrogen functional groups attached to an aromatic ring is 1. The lowest BCUT2D eigenvalue weighted by molar-refractivity contribution is -0.121. The first-order chi connectivity index (χ1) is 9.02. The summed E-state index contributed by atoms with van der Waals surface area (Å²) in [6.07, 6.45) is 0.490. The molecule has 1 amide bonds. The molecule has 0 saturated carbocycles. The molecule has 0 radical (unpaired) electrons. The highest BCUT2D eigenvalue weighted by atomic mass is 16.5. The van der Waals surface area contributed by atoms with Gasteiger partial charge in [0.15, 0.2) is 0 Å². The molecule has 0 spiro atoms. The number of amides is 1. The molecule has 4 heteroatoms. The molecule has 106 valence electrons. The lowest BCUT2D eigenvalue weighted by Gasteiger charge is -2.14. The minimum atomic E-state index is 0.0762. The Morgan fingerprint density at radius 1 is 1.32 bits per heavy atom. The first kappa shape index (κ1) is 15.5. The number of benzene rings is 1. The molecular formula is C15H24N2O2. The standard InChI is InChI=1S/C15H24N2O2/c1-11(10-19-3)9-17-15(18)8-12(2)13-4-6-14(16)7-5-13/h4-7,11-12H,8-10,16H2,1-3H3,(H,17,18). The Balaban J connectivity index is 2.37. The zero-order chi connectivity index (χ0) is 14.3. The number of carbonyl (C=O) groups is 1. The molecule has 0 heterocycles. The Bertz CT molecular complexity index is 390. The number of hydrogen-bond donors (Lipinski definition) is 2. The topological polar surface area (TPSA) is 64.3 Å². The molecule has 2 unspecified atom stereocenters. The van der Waals surface area contributed by atoms with Gasteiger partial charge in [-0.3, -0.25) is 4.79 Å². The van der Waals surface area contributed by atoms with Gasteiger partial charge in [-0.15, -0.1) is 0 Å². The molecule has 1 aromatic rings. The van der Waals surface area contributed by atoms with Crippen molar-refractivity contribution in [3.63, 3.8) is 0 Å². The second kappa shape index (κ2) is 7.79. The molecule has 4 nitrogen and oxygen atoms in total. The number of hydrogen-bond acceptors (Lipinski definition) is 3. The molecule has 0 bridgehead atoms. The van der Waals surface area contributed by atoms with Crippen molar-refractivity contribution in [3.8, 4) is 0 Å². The highest BCUT2D eigenvalue weighted by Crippen LogP contribution is 2.19. The summed E-state index contributed by atoms with van der Waals surface area (Å²) in [5.74, 6) is 0.603. The van der Waals surface area contributed by atoms with Gasteiger partial charge in [0.05, 0.1) is 6.61 Å². The summed E-state index contributed by atoms with van der Waals surface area (Å²) in [6, 6.07) is 7.68. The molecule has 1 rings (SSSR count).